The van der Waals surface area contributed by atoms with Gasteiger partial charge < -0.3 is 14.2 Å². The third-order valence-corrected chi connectivity index (χ3v) is 4.35. The molecule has 2 heterocycles. The fraction of sp³-hybridized carbons (Fsp3) is 0.923. The summed E-state index contributed by atoms with van der Waals surface area (Å²) in [5.41, 5.74) is -0.580. The molecular formula is C13H20O4. The van der Waals surface area contributed by atoms with Gasteiger partial charge in [-0.15, -0.1) is 0 Å². The molecule has 3 rings (SSSR count). The summed E-state index contributed by atoms with van der Waals surface area (Å²) >= 11 is 0. The Balaban J connectivity index is 1.74. The highest BCUT2D eigenvalue weighted by Crippen LogP contribution is 2.53. The van der Waals surface area contributed by atoms with Crippen LogP contribution in [0.2, 0.25) is 0 Å². The molecule has 0 atom stereocenters. The van der Waals surface area contributed by atoms with E-state index in [1.807, 2.05) is 13.8 Å². The molecule has 0 N–H and O–H groups in total. The smallest absolute Gasteiger partial charge is 0.312 e. The van der Waals surface area contributed by atoms with Crippen LogP contribution >= 0.6 is 0 Å². The first-order valence-electron chi connectivity index (χ1n) is 6.47. The van der Waals surface area contributed by atoms with Gasteiger partial charge in [0.2, 0.25) is 0 Å². The number of esters is 1. The van der Waals surface area contributed by atoms with E-state index in [4.69, 9.17) is 14.2 Å². The second-order valence-corrected chi connectivity index (χ2v) is 6.21. The number of hydrogen-bond acceptors (Lipinski definition) is 4. The van der Waals surface area contributed by atoms with Gasteiger partial charge in [0.15, 0.2) is 5.79 Å². The van der Waals surface area contributed by atoms with Gasteiger partial charge in [-0.1, -0.05) is 0 Å². The SMILES string of the molecule is CC1(C)CC2(CCC3(CC2)OCCO3)C(=O)O1. The lowest BCUT2D eigenvalue weighted by Gasteiger charge is -2.39. The molecule has 0 unspecified atom stereocenters. The molecule has 0 aromatic carbocycles. The Morgan fingerprint density at radius 1 is 1.00 bits per heavy atom. The van der Waals surface area contributed by atoms with Crippen LogP contribution in [-0.2, 0) is 19.0 Å². The number of carbonyl (C=O) groups is 1. The van der Waals surface area contributed by atoms with E-state index in [-0.39, 0.29) is 17.0 Å². The summed E-state index contributed by atoms with van der Waals surface area (Å²) in [7, 11) is 0. The van der Waals surface area contributed by atoms with E-state index in [1.54, 1.807) is 0 Å². The van der Waals surface area contributed by atoms with Gasteiger partial charge in [-0.2, -0.15) is 0 Å². The lowest BCUT2D eigenvalue weighted by atomic mass is 9.69. The van der Waals surface area contributed by atoms with E-state index in [0.29, 0.717) is 13.2 Å². The van der Waals surface area contributed by atoms with Crippen LogP contribution < -0.4 is 0 Å². The molecule has 0 bridgehead atoms. The molecule has 0 aromatic heterocycles. The zero-order valence-corrected chi connectivity index (χ0v) is 10.6. The Morgan fingerprint density at radius 2 is 1.59 bits per heavy atom. The Hall–Kier alpha value is -0.610. The van der Waals surface area contributed by atoms with Crippen molar-refractivity contribution in [1.82, 2.24) is 0 Å². The maximum atomic E-state index is 12.1. The molecule has 17 heavy (non-hydrogen) atoms. The molecule has 1 aliphatic carbocycles. The molecule has 0 radical (unpaired) electrons. The number of hydrogen-bond donors (Lipinski definition) is 0. The molecular weight excluding hydrogens is 220 g/mol. The maximum absolute atomic E-state index is 12.1. The first kappa shape index (κ1) is 11.5. The lowest BCUT2D eigenvalue weighted by molar-refractivity contribution is -0.193. The fourth-order valence-corrected chi connectivity index (χ4v) is 3.56. The van der Waals surface area contributed by atoms with Gasteiger partial charge in [-0.25, -0.2) is 0 Å². The molecule has 1 saturated carbocycles. The second-order valence-electron chi connectivity index (χ2n) is 6.21. The van der Waals surface area contributed by atoms with E-state index < -0.39 is 5.79 Å². The molecule has 4 nitrogen and oxygen atoms in total. The molecule has 3 aliphatic rings. The highest BCUT2D eigenvalue weighted by Gasteiger charge is 2.57. The summed E-state index contributed by atoms with van der Waals surface area (Å²) < 4.78 is 16.9. The number of carbonyl (C=O) groups excluding carboxylic acids is 1. The monoisotopic (exact) mass is 240 g/mol. The Labute approximate surface area is 102 Å². The van der Waals surface area contributed by atoms with Crippen molar-refractivity contribution in [1.29, 1.82) is 0 Å². The van der Waals surface area contributed by atoms with Gasteiger partial charge in [0.1, 0.15) is 5.60 Å². The minimum Gasteiger partial charge on any atom is -0.459 e. The minimum atomic E-state index is -0.391. The largest absolute Gasteiger partial charge is 0.459 e. The van der Waals surface area contributed by atoms with Crippen LogP contribution in [0.5, 0.6) is 0 Å². The summed E-state index contributed by atoms with van der Waals surface area (Å²) in [4.78, 5) is 12.1. The standard InChI is InChI=1S/C13H20O4/c1-11(2)9-12(10(14)17-11)3-5-13(6-4-12)15-7-8-16-13/h3-9H2,1-2H3. The van der Waals surface area contributed by atoms with E-state index in [2.05, 4.69) is 0 Å². The van der Waals surface area contributed by atoms with E-state index in [0.717, 1.165) is 32.1 Å². The van der Waals surface area contributed by atoms with Gasteiger partial charge in [0, 0.05) is 19.3 Å². The molecule has 2 saturated heterocycles. The summed E-state index contributed by atoms with van der Waals surface area (Å²) in [5.74, 6) is -0.409. The summed E-state index contributed by atoms with van der Waals surface area (Å²) in [6, 6.07) is 0. The minimum absolute atomic E-state index is 0.0182. The van der Waals surface area contributed by atoms with Crippen molar-refractivity contribution in [2.45, 2.75) is 57.3 Å². The predicted octanol–water partition coefficient (Wildman–Crippen LogP) is 2.02. The van der Waals surface area contributed by atoms with Crippen LogP contribution in [0, 0.1) is 5.41 Å². The third kappa shape index (κ3) is 1.78. The van der Waals surface area contributed by atoms with Crippen molar-refractivity contribution < 1.29 is 19.0 Å². The average molecular weight is 240 g/mol. The maximum Gasteiger partial charge on any atom is 0.312 e. The van der Waals surface area contributed by atoms with Crippen LogP contribution in [-0.4, -0.2) is 30.6 Å². The van der Waals surface area contributed by atoms with Crippen LogP contribution in [0.1, 0.15) is 46.0 Å². The zero-order chi connectivity index (χ0) is 12.1. The summed E-state index contributed by atoms with van der Waals surface area (Å²) in [6.07, 6.45) is 4.12. The van der Waals surface area contributed by atoms with Crippen molar-refractivity contribution in [3.8, 4) is 0 Å². The highest BCUT2D eigenvalue weighted by molar-refractivity contribution is 5.79. The first-order valence-corrected chi connectivity index (χ1v) is 6.47. The molecule has 3 fully saturated rings. The Kier molecular flexibility index (Phi) is 2.33. The van der Waals surface area contributed by atoms with Crippen molar-refractivity contribution >= 4 is 5.97 Å². The van der Waals surface area contributed by atoms with Crippen LogP contribution in [0.15, 0.2) is 0 Å². The highest BCUT2D eigenvalue weighted by atomic mass is 16.7. The predicted molar refractivity (Wildman–Crippen MR) is 60.3 cm³/mol. The topological polar surface area (TPSA) is 44.8 Å². The fourth-order valence-electron chi connectivity index (χ4n) is 3.56. The van der Waals surface area contributed by atoms with Crippen LogP contribution in [0.3, 0.4) is 0 Å². The van der Waals surface area contributed by atoms with Crippen LogP contribution in [0.4, 0.5) is 0 Å². The molecule has 2 spiro atoms. The number of cyclic esters (lactones) is 1. The second kappa shape index (κ2) is 3.45. The van der Waals surface area contributed by atoms with Gasteiger partial charge in [-0.05, 0) is 26.7 Å². The lowest BCUT2D eigenvalue weighted by Crippen LogP contribution is -2.42. The zero-order valence-electron chi connectivity index (χ0n) is 10.6. The van der Waals surface area contributed by atoms with Gasteiger partial charge in [-0.3, -0.25) is 4.79 Å². The first-order chi connectivity index (χ1) is 7.96. The molecule has 96 valence electrons. The average Bonchev–Trinajstić information content (AvgIpc) is 2.77. The summed E-state index contributed by atoms with van der Waals surface area (Å²) in [6.45, 7) is 5.35. The van der Waals surface area contributed by atoms with Crippen molar-refractivity contribution in [2.24, 2.45) is 5.41 Å². The van der Waals surface area contributed by atoms with Gasteiger partial charge >= 0.3 is 5.97 Å². The van der Waals surface area contributed by atoms with Crippen molar-refractivity contribution in [2.75, 3.05) is 13.2 Å². The Bertz CT molecular complexity index is 331. The van der Waals surface area contributed by atoms with E-state index in [9.17, 15) is 4.79 Å². The van der Waals surface area contributed by atoms with Gasteiger partial charge in [0.05, 0.1) is 18.6 Å². The summed E-state index contributed by atoms with van der Waals surface area (Å²) in [5, 5.41) is 0. The van der Waals surface area contributed by atoms with Gasteiger partial charge in [0.25, 0.3) is 0 Å². The third-order valence-electron chi connectivity index (χ3n) is 4.35. The van der Waals surface area contributed by atoms with E-state index in [1.165, 1.54) is 0 Å². The van der Waals surface area contributed by atoms with Crippen molar-refractivity contribution in [3.05, 3.63) is 0 Å². The number of rotatable bonds is 0. The normalized spacial score (nSPS) is 33.2. The molecule has 0 amide bonds. The molecule has 0 aromatic rings. The van der Waals surface area contributed by atoms with E-state index >= 15 is 0 Å². The Morgan fingerprint density at radius 3 is 2.06 bits per heavy atom. The molecule has 2 aliphatic heterocycles. The number of ether oxygens (including phenoxy) is 3. The van der Waals surface area contributed by atoms with Crippen LogP contribution in [0.25, 0.3) is 0 Å². The van der Waals surface area contributed by atoms with Crippen molar-refractivity contribution in [3.63, 3.8) is 0 Å². The quantitative estimate of drug-likeness (QED) is 0.608. The molecule has 4 heteroatoms.